The fourth-order valence-electron chi connectivity index (χ4n) is 2.37. The molecule has 0 aromatic carbocycles. The van der Waals surface area contributed by atoms with Gasteiger partial charge in [-0.25, -0.2) is 0 Å². The summed E-state index contributed by atoms with van der Waals surface area (Å²) in [5.41, 5.74) is 0. The summed E-state index contributed by atoms with van der Waals surface area (Å²) >= 11 is 0. The van der Waals surface area contributed by atoms with Crippen LogP contribution in [0.4, 0.5) is 0 Å². The van der Waals surface area contributed by atoms with E-state index < -0.39 is 0 Å². The summed E-state index contributed by atoms with van der Waals surface area (Å²) < 4.78 is 0. The zero-order chi connectivity index (χ0) is 9.26. The number of piperazine rings is 1. The summed E-state index contributed by atoms with van der Waals surface area (Å²) in [6.45, 7) is 9.80. The molecule has 0 radical (unpaired) electrons. The van der Waals surface area contributed by atoms with Gasteiger partial charge in [-0.15, -0.1) is 0 Å². The van der Waals surface area contributed by atoms with Crippen LogP contribution in [0, 0.1) is 0 Å². The van der Waals surface area contributed by atoms with Crippen LogP contribution in [0.5, 0.6) is 0 Å². The number of nitrogens with zero attached hydrogens (tertiary/aromatic N) is 2. The highest BCUT2D eigenvalue weighted by Gasteiger charge is 2.28. The molecule has 1 aliphatic heterocycles. The van der Waals surface area contributed by atoms with E-state index in [-0.39, 0.29) is 0 Å². The molecule has 2 nitrogen and oxygen atoms in total. The van der Waals surface area contributed by atoms with Gasteiger partial charge in [0.25, 0.3) is 0 Å². The van der Waals surface area contributed by atoms with Crippen molar-refractivity contribution < 1.29 is 0 Å². The van der Waals surface area contributed by atoms with Crippen molar-refractivity contribution in [3.63, 3.8) is 0 Å². The SMILES string of the molecule is CC(C)N1CCN(C2CCC2)CC1. The highest BCUT2D eigenvalue weighted by Crippen LogP contribution is 2.25. The van der Waals surface area contributed by atoms with Crippen LogP contribution in [0.25, 0.3) is 0 Å². The second kappa shape index (κ2) is 3.97. The lowest BCUT2D eigenvalue weighted by atomic mass is 9.91. The van der Waals surface area contributed by atoms with E-state index in [2.05, 4.69) is 23.6 Å². The normalized spacial score (nSPS) is 27.9. The first kappa shape index (κ1) is 9.47. The van der Waals surface area contributed by atoms with E-state index in [1.165, 1.54) is 45.4 Å². The van der Waals surface area contributed by atoms with Gasteiger partial charge in [0.15, 0.2) is 0 Å². The third kappa shape index (κ3) is 2.05. The lowest BCUT2D eigenvalue weighted by Crippen LogP contribution is -2.53. The Balaban J connectivity index is 1.75. The maximum Gasteiger partial charge on any atom is 0.0113 e. The van der Waals surface area contributed by atoms with Gasteiger partial charge in [-0.2, -0.15) is 0 Å². The van der Waals surface area contributed by atoms with Gasteiger partial charge in [0.05, 0.1) is 0 Å². The topological polar surface area (TPSA) is 6.48 Å². The molecule has 1 saturated heterocycles. The van der Waals surface area contributed by atoms with Gasteiger partial charge in [0.1, 0.15) is 0 Å². The summed E-state index contributed by atoms with van der Waals surface area (Å²) in [4.78, 5) is 5.29. The lowest BCUT2D eigenvalue weighted by Gasteiger charge is -2.44. The minimum atomic E-state index is 0.739. The van der Waals surface area contributed by atoms with E-state index in [1.54, 1.807) is 0 Å². The van der Waals surface area contributed by atoms with E-state index in [9.17, 15) is 0 Å². The zero-order valence-electron chi connectivity index (χ0n) is 9.00. The highest BCUT2D eigenvalue weighted by atomic mass is 15.3. The van der Waals surface area contributed by atoms with E-state index in [0.717, 1.165) is 12.1 Å². The van der Waals surface area contributed by atoms with Crippen LogP contribution >= 0.6 is 0 Å². The molecule has 0 aromatic rings. The van der Waals surface area contributed by atoms with Crippen molar-refractivity contribution in [2.45, 2.75) is 45.2 Å². The predicted octanol–water partition coefficient (Wildman–Crippen LogP) is 1.56. The highest BCUT2D eigenvalue weighted by molar-refractivity contribution is 4.84. The van der Waals surface area contributed by atoms with Crippen LogP contribution in [0.1, 0.15) is 33.1 Å². The molecule has 2 fully saturated rings. The molecule has 0 amide bonds. The van der Waals surface area contributed by atoms with Crippen LogP contribution in [0.15, 0.2) is 0 Å². The Morgan fingerprint density at radius 3 is 2.00 bits per heavy atom. The monoisotopic (exact) mass is 182 g/mol. The number of hydrogen-bond acceptors (Lipinski definition) is 2. The molecule has 0 unspecified atom stereocenters. The Labute approximate surface area is 81.9 Å². The Bertz CT molecular complexity index is 155. The minimum Gasteiger partial charge on any atom is -0.298 e. The number of hydrogen-bond donors (Lipinski definition) is 0. The van der Waals surface area contributed by atoms with Crippen molar-refractivity contribution in [3.8, 4) is 0 Å². The lowest BCUT2D eigenvalue weighted by molar-refractivity contribution is 0.0494. The Hall–Kier alpha value is -0.0800. The fourth-order valence-corrected chi connectivity index (χ4v) is 2.37. The van der Waals surface area contributed by atoms with Gasteiger partial charge in [-0.3, -0.25) is 9.80 Å². The van der Waals surface area contributed by atoms with Crippen molar-refractivity contribution in [2.24, 2.45) is 0 Å². The van der Waals surface area contributed by atoms with Crippen LogP contribution in [0.2, 0.25) is 0 Å². The maximum absolute atomic E-state index is 2.70. The Morgan fingerprint density at radius 1 is 1.00 bits per heavy atom. The molecule has 2 heteroatoms. The van der Waals surface area contributed by atoms with Crippen molar-refractivity contribution in [3.05, 3.63) is 0 Å². The average Bonchev–Trinajstić information content (AvgIpc) is 2.02. The first-order valence-corrected chi connectivity index (χ1v) is 5.75. The Kier molecular flexibility index (Phi) is 2.89. The van der Waals surface area contributed by atoms with E-state index in [4.69, 9.17) is 0 Å². The van der Waals surface area contributed by atoms with Crippen molar-refractivity contribution in [2.75, 3.05) is 26.2 Å². The second-order valence-electron chi connectivity index (χ2n) is 4.75. The second-order valence-corrected chi connectivity index (χ2v) is 4.75. The third-order valence-electron chi connectivity index (χ3n) is 3.67. The summed E-state index contributed by atoms with van der Waals surface area (Å²) in [6, 6.07) is 1.69. The molecule has 0 bridgehead atoms. The fraction of sp³-hybridized carbons (Fsp3) is 1.00. The molecule has 0 N–H and O–H groups in total. The van der Waals surface area contributed by atoms with Crippen molar-refractivity contribution in [1.82, 2.24) is 9.80 Å². The predicted molar refractivity (Wildman–Crippen MR) is 55.9 cm³/mol. The van der Waals surface area contributed by atoms with E-state index in [0.29, 0.717) is 0 Å². The molecule has 1 heterocycles. The number of rotatable bonds is 2. The summed E-state index contributed by atoms with van der Waals surface area (Å²) in [5.74, 6) is 0. The molecule has 2 rings (SSSR count). The standard InChI is InChI=1S/C11H22N2/c1-10(2)12-6-8-13(9-7-12)11-4-3-5-11/h10-11H,3-9H2,1-2H3. The first-order valence-electron chi connectivity index (χ1n) is 5.75. The quantitative estimate of drug-likeness (QED) is 0.639. The van der Waals surface area contributed by atoms with Gasteiger partial charge in [0.2, 0.25) is 0 Å². The summed E-state index contributed by atoms with van der Waals surface area (Å²) in [5, 5.41) is 0. The van der Waals surface area contributed by atoms with Crippen LogP contribution < -0.4 is 0 Å². The van der Waals surface area contributed by atoms with Gasteiger partial charge in [0, 0.05) is 38.3 Å². The molecule has 2 aliphatic rings. The molecule has 0 atom stereocenters. The zero-order valence-corrected chi connectivity index (χ0v) is 9.00. The maximum atomic E-state index is 2.70. The molecule has 0 aromatic heterocycles. The van der Waals surface area contributed by atoms with Crippen molar-refractivity contribution >= 4 is 0 Å². The van der Waals surface area contributed by atoms with Gasteiger partial charge < -0.3 is 0 Å². The van der Waals surface area contributed by atoms with E-state index in [1.807, 2.05) is 0 Å². The minimum absolute atomic E-state index is 0.739. The van der Waals surface area contributed by atoms with Crippen LogP contribution in [0.3, 0.4) is 0 Å². The van der Waals surface area contributed by atoms with Crippen molar-refractivity contribution in [1.29, 1.82) is 0 Å². The first-order chi connectivity index (χ1) is 6.27. The van der Waals surface area contributed by atoms with E-state index >= 15 is 0 Å². The Morgan fingerprint density at radius 2 is 1.62 bits per heavy atom. The molecular weight excluding hydrogens is 160 g/mol. The van der Waals surface area contributed by atoms with Crippen LogP contribution in [-0.4, -0.2) is 48.1 Å². The average molecular weight is 182 g/mol. The molecular formula is C11H22N2. The van der Waals surface area contributed by atoms with Crippen LogP contribution in [-0.2, 0) is 0 Å². The van der Waals surface area contributed by atoms with Gasteiger partial charge >= 0.3 is 0 Å². The van der Waals surface area contributed by atoms with Gasteiger partial charge in [-0.05, 0) is 26.7 Å². The summed E-state index contributed by atoms with van der Waals surface area (Å²) in [7, 11) is 0. The molecule has 1 saturated carbocycles. The third-order valence-corrected chi connectivity index (χ3v) is 3.67. The smallest absolute Gasteiger partial charge is 0.0113 e. The molecule has 0 spiro atoms. The van der Waals surface area contributed by atoms with Gasteiger partial charge in [-0.1, -0.05) is 6.42 Å². The molecule has 76 valence electrons. The molecule has 1 aliphatic carbocycles. The molecule has 13 heavy (non-hydrogen) atoms. The summed E-state index contributed by atoms with van der Waals surface area (Å²) in [6.07, 6.45) is 4.39. The largest absolute Gasteiger partial charge is 0.298 e.